The summed E-state index contributed by atoms with van der Waals surface area (Å²) in [7, 11) is 0. The number of ether oxygens (including phenoxy) is 2. The molecule has 2 heterocycles. The maximum atomic E-state index is 12.3. The van der Waals surface area contributed by atoms with Crippen molar-refractivity contribution in [1.82, 2.24) is 9.97 Å². The number of nitrogens with one attached hydrogen (secondary N) is 2. The van der Waals surface area contributed by atoms with E-state index in [1.54, 1.807) is 19.1 Å². The minimum atomic E-state index is -4.71. The Morgan fingerprint density at radius 3 is 1.96 bits per heavy atom. The molecule has 0 aliphatic carbocycles. The first-order chi connectivity index (χ1) is 12.9. The molecule has 14 heteroatoms. The van der Waals surface area contributed by atoms with Crippen molar-refractivity contribution in [2.45, 2.75) is 19.3 Å². The Bertz CT molecular complexity index is 788. The van der Waals surface area contributed by atoms with E-state index >= 15 is 0 Å². The summed E-state index contributed by atoms with van der Waals surface area (Å²) in [6.45, 7) is -1.70. The molecule has 2 aromatic heterocycles. The van der Waals surface area contributed by atoms with Crippen LogP contribution in [0.4, 0.5) is 42.1 Å². The smallest absolute Gasteiger partial charge is 0.422 e. The van der Waals surface area contributed by atoms with Gasteiger partial charge in [0.15, 0.2) is 13.2 Å². The molecule has 28 heavy (non-hydrogen) atoms. The molecule has 2 aromatic rings. The summed E-state index contributed by atoms with van der Waals surface area (Å²) < 4.78 is 82.4. The molecule has 2 N–H and O–H groups in total. The van der Waals surface area contributed by atoms with E-state index in [2.05, 4.69) is 30.1 Å². The van der Waals surface area contributed by atoms with Crippen molar-refractivity contribution in [2.24, 2.45) is 0 Å². The number of nitrogens with zero attached hydrogens (tertiary/aromatic N) is 2. The van der Waals surface area contributed by atoms with Gasteiger partial charge in [-0.15, -0.1) is 11.3 Å². The lowest BCUT2D eigenvalue weighted by Crippen LogP contribution is -2.23. The highest BCUT2D eigenvalue weighted by Crippen LogP contribution is 2.24. The number of rotatable bonds is 6. The summed E-state index contributed by atoms with van der Waals surface area (Å²) in [5.41, 5.74) is 0. The molecular formula is C14H12F6N4O3S. The number of alkyl halides is 6. The van der Waals surface area contributed by atoms with Crippen LogP contribution in [0.25, 0.3) is 0 Å². The first-order valence-corrected chi connectivity index (χ1v) is 8.14. The number of anilines is 2. The molecule has 0 radical (unpaired) electrons. The summed E-state index contributed by atoms with van der Waals surface area (Å²) >= 11 is 1.24. The van der Waals surface area contributed by atoms with Crippen LogP contribution < -0.4 is 20.1 Å². The van der Waals surface area contributed by atoms with Crippen molar-refractivity contribution >= 4 is 28.3 Å². The van der Waals surface area contributed by atoms with Crippen LogP contribution in [-0.2, 0) is 0 Å². The van der Waals surface area contributed by atoms with Gasteiger partial charge >= 0.3 is 18.4 Å². The monoisotopic (exact) mass is 430 g/mol. The highest BCUT2D eigenvalue weighted by atomic mass is 32.1. The van der Waals surface area contributed by atoms with Crippen molar-refractivity contribution in [3.63, 3.8) is 0 Å². The third kappa shape index (κ3) is 7.85. The molecule has 7 nitrogen and oxygen atoms in total. The fraction of sp³-hybridized carbons (Fsp3) is 0.357. The Balaban J connectivity index is 2.14. The van der Waals surface area contributed by atoms with Crippen molar-refractivity contribution in [3.05, 3.63) is 23.1 Å². The zero-order valence-corrected chi connectivity index (χ0v) is 14.8. The van der Waals surface area contributed by atoms with E-state index in [9.17, 15) is 31.1 Å². The Hall–Kier alpha value is -2.77. The molecule has 0 bridgehead atoms. The van der Waals surface area contributed by atoms with Crippen molar-refractivity contribution < 1.29 is 40.6 Å². The zero-order valence-electron chi connectivity index (χ0n) is 13.9. The van der Waals surface area contributed by atoms with Crippen LogP contribution in [-0.4, -0.2) is 41.6 Å². The molecule has 154 valence electrons. The molecule has 0 aromatic carbocycles. The number of carbonyl (C=O) groups is 1. The van der Waals surface area contributed by atoms with Crippen LogP contribution in [0.15, 0.2) is 18.2 Å². The highest BCUT2D eigenvalue weighted by Gasteiger charge is 2.30. The van der Waals surface area contributed by atoms with Gasteiger partial charge in [0, 0.05) is 4.88 Å². The van der Waals surface area contributed by atoms with Crippen molar-refractivity contribution in [3.8, 4) is 11.8 Å². The van der Waals surface area contributed by atoms with Crippen molar-refractivity contribution in [2.75, 3.05) is 23.8 Å². The van der Waals surface area contributed by atoms with Crippen LogP contribution in [0.5, 0.6) is 11.8 Å². The molecule has 0 aliphatic heterocycles. The zero-order chi connectivity index (χ0) is 20.9. The average molecular weight is 430 g/mol. The second-order valence-electron chi connectivity index (χ2n) is 5.17. The van der Waals surface area contributed by atoms with Gasteiger partial charge < -0.3 is 9.47 Å². The van der Waals surface area contributed by atoms with E-state index in [1.807, 2.05) is 0 Å². The van der Waals surface area contributed by atoms with Crippen LogP contribution in [0, 0.1) is 6.92 Å². The van der Waals surface area contributed by atoms with E-state index < -0.39 is 49.3 Å². The molecule has 0 aliphatic rings. The number of aryl methyl sites for hydroxylation is 1. The molecule has 2 amide bonds. The molecule has 0 saturated heterocycles. The van der Waals surface area contributed by atoms with Crippen molar-refractivity contribution in [1.29, 1.82) is 0 Å². The molecule has 0 saturated carbocycles. The number of aromatic nitrogens is 2. The Labute approximate surface area is 157 Å². The summed E-state index contributed by atoms with van der Waals surface area (Å²) in [6.07, 6.45) is -9.42. The maximum absolute atomic E-state index is 12.3. The summed E-state index contributed by atoms with van der Waals surface area (Å²) in [5.74, 6) is -2.07. The fourth-order valence-corrected chi connectivity index (χ4v) is 2.43. The SMILES string of the molecule is Cc1ccc(NC(=O)Nc2nc(OCC(F)(F)F)cc(OCC(F)(F)F)n2)s1. The minimum absolute atomic E-state index is 0.452. The Morgan fingerprint density at radius 2 is 1.54 bits per heavy atom. The number of carbonyl (C=O) groups excluding carboxylic acids is 1. The van der Waals surface area contributed by atoms with Gasteiger partial charge in [-0.1, -0.05) is 0 Å². The average Bonchev–Trinajstić information content (AvgIpc) is 2.94. The van der Waals surface area contributed by atoms with Gasteiger partial charge in [0.25, 0.3) is 0 Å². The number of hydrogen-bond acceptors (Lipinski definition) is 6. The van der Waals surface area contributed by atoms with Gasteiger partial charge in [0.1, 0.15) is 0 Å². The van der Waals surface area contributed by atoms with E-state index in [0.717, 1.165) is 4.88 Å². The Morgan fingerprint density at radius 1 is 1.00 bits per heavy atom. The number of halogens is 6. The first-order valence-electron chi connectivity index (χ1n) is 7.32. The lowest BCUT2D eigenvalue weighted by atomic mass is 10.5. The minimum Gasteiger partial charge on any atom is -0.468 e. The van der Waals surface area contributed by atoms with Crippen LogP contribution in [0.2, 0.25) is 0 Å². The van der Waals surface area contributed by atoms with E-state index in [4.69, 9.17) is 0 Å². The predicted molar refractivity (Wildman–Crippen MR) is 86.8 cm³/mol. The molecule has 0 atom stereocenters. The first kappa shape index (κ1) is 21.5. The van der Waals surface area contributed by atoms with Gasteiger partial charge in [-0.2, -0.15) is 36.3 Å². The second kappa shape index (κ2) is 8.50. The Kier molecular flexibility index (Phi) is 6.53. The normalized spacial score (nSPS) is 11.8. The van der Waals surface area contributed by atoms with E-state index in [1.165, 1.54) is 11.3 Å². The fourth-order valence-electron chi connectivity index (χ4n) is 1.67. The number of thiophene rings is 1. The van der Waals surface area contributed by atoms with Crippen LogP contribution >= 0.6 is 11.3 Å². The van der Waals surface area contributed by atoms with E-state index in [0.29, 0.717) is 11.1 Å². The van der Waals surface area contributed by atoms with Gasteiger partial charge in [-0.3, -0.25) is 10.6 Å². The molecule has 0 spiro atoms. The number of hydrogen-bond donors (Lipinski definition) is 2. The van der Waals surface area contributed by atoms with Gasteiger partial charge in [-0.05, 0) is 19.1 Å². The summed E-state index contributed by atoms with van der Waals surface area (Å²) in [4.78, 5) is 19.8. The largest absolute Gasteiger partial charge is 0.468 e. The third-order valence-electron chi connectivity index (χ3n) is 2.65. The highest BCUT2D eigenvalue weighted by molar-refractivity contribution is 7.16. The third-order valence-corrected chi connectivity index (χ3v) is 3.57. The maximum Gasteiger partial charge on any atom is 0.422 e. The lowest BCUT2D eigenvalue weighted by Gasteiger charge is -2.13. The number of urea groups is 1. The molecule has 2 rings (SSSR count). The second-order valence-corrected chi connectivity index (χ2v) is 6.45. The van der Waals surface area contributed by atoms with Crippen LogP contribution in [0.3, 0.4) is 0 Å². The molecule has 0 unspecified atom stereocenters. The number of amides is 2. The van der Waals surface area contributed by atoms with Gasteiger partial charge in [0.2, 0.25) is 17.7 Å². The summed E-state index contributed by atoms with van der Waals surface area (Å²) in [5, 5.41) is 4.95. The van der Waals surface area contributed by atoms with Crippen LogP contribution in [0.1, 0.15) is 4.88 Å². The quantitative estimate of drug-likeness (QED) is 0.665. The van der Waals surface area contributed by atoms with Gasteiger partial charge in [0.05, 0.1) is 11.1 Å². The summed E-state index contributed by atoms with van der Waals surface area (Å²) in [6, 6.07) is 3.10. The topological polar surface area (TPSA) is 85.4 Å². The molecule has 0 fully saturated rings. The van der Waals surface area contributed by atoms with Gasteiger partial charge in [-0.25, -0.2) is 4.79 Å². The lowest BCUT2D eigenvalue weighted by molar-refractivity contribution is -0.154. The predicted octanol–water partition coefficient (Wildman–Crippen LogP) is 4.37. The van der Waals surface area contributed by atoms with E-state index in [-0.39, 0.29) is 0 Å². The molecular weight excluding hydrogens is 418 g/mol. The standard InChI is InChI=1S/C14H12F6N4O3S/c1-7-2-3-10(28-7)23-12(25)24-11-21-8(26-5-13(15,16)17)4-9(22-11)27-6-14(18,19)20/h2-4H,5-6H2,1H3,(H2,21,22,23,24,25).